The number of benzene rings is 1. The molecule has 0 saturated heterocycles. The van der Waals surface area contributed by atoms with Crippen LogP contribution in [0.5, 0.6) is 0 Å². The number of allylic oxidation sites excluding steroid dienone is 2. The Morgan fingerprint density at radius 1 is 1.39 bits per heavy atom. The molecule has 1 aromatic carbocycles. The lowest BCUT2D eigenvalue weighted by Crippen LogP contribution is -2.21. The fourth-order valence-corrected chi connectivity index (χ4v) is 2.95. The van der Waals surface area contributed by atoms with E-state index >= 15 is 0 Å². The van der Waals surface area contributed by atoms with Crippen LogP contribution in [0, 0.1) is 0 Å². The molecule has 0 atom stereocenters. The molecule has 0 aliphatic heterocycles. The number of sulfone groups is 1. The topological polar surface area (TPSA) is 138 Å². The number of alkyl halides is 3. The Morgan fingerprint density at radius 2 is 2.10 bits per heavy atom. The molecule has 14 heteroatoms. The summed E-state index contributed by atoms with van der Waals surface area (Å²) in [6.45, 7) is -0.612. The van der Waals surface area contributed by atoms with Crippen molar-refractivity contribution in [2.45, 2.75) is 11.1 Å². The normalized spacial score (nSPS) is 13.3. The summed E-state index contributed by atoms with van der Waals surface area (Å²) in [4.78, 5) is 19.3. The van der Waals surface area contributed by atoms with Crippen LogP contribution in [0.15, 0.2) is 50.4 Å². The van der Waals surface area contributed by atoms with Crippen molar-refractivity contribution in [1.29, 1.82) is 0 Å². The first-order valence-electron chi connectivity index (χ1n) is 8.29. The van der Waals surface area contributed by atoms with E-state index in [1.54, 1.807) is 6.26 Å². The van der Waals surface area contributed by atoms with E-state index in [4.69, 9.17) is 15.0 Å². The van der Waals surface area contributed by atoms with Gasteiger partial charge in [-0.25, -0.2) is 8.42 Å². The van der Waals surface area contributed by atoms with E-state index in [1.807, 2.05) is 0 Å². The third-order valence-electron chi connectivity index (χ3n) is 3.50. The first-order chi connectivity index (χ1) is 14.4. The number of rotatable bonds is 8. The molecule has 9 nitrogen and oxygen atoms in total. The summed E-state index contributed by atoms with van der Waals surface area (Å²) in [5, 5.41) is 3.64. The summed E-state index contributed by atoms with van der Waals surface area (Å²) >= 11 is 1.22. The van der Waals surface area contributed by atoms with Crippen molar-refractivity contribution in [2.24, 2.45) is 10.7 Å². The molecule has 0 spiro atoms. The number of aromatic nitrogens is 2. The molecule has 0 amide bonds. The number of ether oxygens (including phenoxy) is 1. The number of nitrogens with two attached hydrogens (primary N) is 1. The zero-order valence-electron chi connectivity index (χ0n) is 16.2. The molecular formula is C17H17F3N4O5S2. The zero-order chi connectivity index (χ0) is 23.2. The second-order valence-corrected chi connectivity index (χ2v) is 8.77. The monoisotopic (exact) mass is 478 g/mol. The molecule has 0 fully saturated rings. The SMILES string of the molecule is CSCOC(=O)CN=C(/C=C(\N)C(F)(F)F)c1nc(-c2cccc(S(C)(=O)=O)c2)no1. The first kappa shape index (κ1) is 24.4. The minimum Gasteiger partial charge on any atom is -0.453 e. The standard InChI is InChI=1S/C17H17F3N4O5S2/c1-30-9-28-14(25)8-22-12(7-13(21)17(18,19)20)16-23-15(24-29-16)10-4-3-5-11(6-10)31(2,26)27/h3-7H,8-9,21H2,1-2H3/b13-7-,22-12?. The summed E-state index contributed by atoms with van der Waals surface area (Å²) in [6.07, 6.45) is -1.70. The molecule has 168 valence electrons. The van der Waals surface area contributed by atoms with Crippen molar-refractivity contribution in [1.82, 2.24) is 10.1 Å². The van der Waals surface area contributed by atoms with Gasteiger partial charge in [-0.05, 0) is 24.5 Å². The second kappa shape index (κ2) is 9.96. The van der Waals surface area contributed by atoms with E-state index in [-0.39, 0.29) is 22.2 Å². The molecule has 0 unspecified atom stereocenters. The fraction of sp³-hybridized carbons (Fsp3) is 0.294. The third kappa shape index (κ3) is 7.10. The Kier molecular flexibility index (Phi) is 7.84. The molecule has 0 aliphatic carbocycles. The maximum absolute atomic E-state index is 12.9. The Balaban J connectivity index is 2.42. The highest BCUT2D eigenvalue weighted by Crippen LogP contribution is 2.23. The molecule has 0 bridgehead atoms. The average molecular weight is 478 g/mol. The van der Waals surface area contributed by atoms with Gasteiger partial charge in [0.15, 0.2) is 9.84 Å². The van der Waals surface area contributed by atoms with Crippen LogP contribution in [0.2, 0.25) is 0 Å². The highest BCUT2D eigenvalue weighted by Gasteiger charge is 2.32. The molecular weight excluding hydrogens is 461 g/mol. The van der Waals surface area contributed by atoms with Crippen LogP contribution in [0.1, 0.15) is 5.89 Å². The van der Waals surface area contributed by atoms with E-state index in [0.29, 0.717) is 6.08 Å². The van der Waals surface area contributed by atoms with Crippen LogP contribution in [-0.2, 0) is 19.4 Å². The largest absolute Gasteiger partial charge is 0.453 e. The van der Waals surface area contributed by atoms with Gasteiger partial charge < -0.3 is 15.0 Å². The van der Waals surface area contributed by atoms with Crippen molar-refractivity contribution >= 4 is 33.3 Å². The number of esters is 1. The maximum Gasteiger partial charge on any atom is 0.430 e. The van der Waals surface area contributed by atoms with Crippen molar-refractivity contribution in [3.63, 3.8) is 0 Å². The summed E-state index contributed by atoms with van der Waals surface area (Å²) in [7, 11) is -3.52. The lowest BCUT2D eigenvalue weighted by atomic mass is 10.2. The minimum absolute atomic E-state index is 0.0111. The van der Waals surface area contributed by atoms with Gasteiger partial charge >= 0.3 is 12.1 Å². The summed E-state index contributed by atoms with van der Waals surface area (Å²) in [5.74, 6) is -1.29. The van der Waals surface area contributed by atoms with Crippen LogP contribution >= 0.6 is 11.8 Å². The number of carbonyl (C=O) groups is 1. The third-order valence-corrected chi connectivity index (χ3v) is 4.97. The van der Waals surface area contributed by atoms with Crippen LogP contribution in [0.4, 0.5) is 13.2 Å². The predicted molar refractivity (Wildman–Crippen MR) is 107 cm³/mol. The first-order valence-corrected chi connectivity index (χ1v) is 11.6. The van der Waals surface area contributed by atoms with Gasteiger partial charge in [0.05, 0.1) is 4.90 Å². The number of aliphatic imine (C=N–C) groups is 1. The predicted octanol–water partition coefficient (Wildman–Crippen LogP) is 2.20. The number of carbonyl (C=O) groups excluding carboxylic acids is 1. The molecule has 2 N–H and O–H groups in total. The maximum atomic E-state index is 12.9. The van der Waals surface area contributed by atoms with Gasteiger partial charge in [-0.1, -0.05) is 17.3 Å². The molecule has 1 heterocycles. The van der Waals surface area contributed by atoms with Gasteiger partial charge in [-0.2, -0.15) is 18.2 Å². The summed E-state index contributed by atoms with van der Waals surface area (Å²) in [5.41, 5.74) is 3.29. The molecule has 2 rings (SSSR count). The zero-order valence-corrected chi connectivity index (χ0v) is 17.8. The number of thioether (sulfide) groups is 1. The van der Waals surface area contributed by atoms with Gasteiger partial charge in [0.1, 0.15) is 23.9 Å². The van der Waals surface area contributed by atoms with E-state index in [2.05, 4.69) is 15.1 Å². The molecule has 0 saturated carbocycles. The van der Waals surface area contributed by atoms with Gasteiger partial charge in [0.2, 0.25) is 5.82 Å². The van der Waals surface area contributed by atoms with E-state index in [9.17, 15) is 26.4 Å². The smallest absolute Gasteiger partial charge is 0.430 e. The Bertz CT molecular complexity index is 1110. The van der Waals surface area contributed by atoms with Gasteiger partial charge in [0, 0.05) is 11.8 Å². The highest BCUT2D eigenvalue weighted by atomic mass is 32.2. The van der Waals surface area contributed by atoms with Crippen molar-refractivity contribution in [2.75, 3.05) is 25.0 Å². The van der Waals surface area contributed by atoms with Crippen LogP contribution < -0.4 is 5.73 Å². The van der Waals surface area contributed by atoms with Gasteiger partial charge in [-0.3, -0.25) is 9.79 Å². The number of hydrogen-bond acceptors (Lipinski definition) is 10. The van der Waals surface area contributed by atoms with Crippen molar-refractivity contribution in [3.8, 4) is 11.4 Å². The molecule has 0 aliphatic rings. The Hall–Kier alpha value is -2.87. The lowest BCUT2D eigenvalue weighted by molar-refractivity contribution is -0.139. The number of halogens is 3. The second-order valence-electron chi connectivity index (χ2n) is 5.94. The molecule has 31 heavy (non-hydrogen) atoms. The van der Waals surface area contributed by atoms with E-state index in [1.165, 1.54) is 36.0 Å². The van der Waals surface area contributed by atoms with E-state index in [0.717, 1.165) is 6.26 Å². The fourth-order valence-electron chi connectivity index (χ4n) is 2.03. The molecule has 0 radical (unpaired) electrons. The number of hydrogen-bond donors (Lipinski definition) is 1. The van der Waals surface area contributed by atoms with Crippen LogP contribution in [0.25, 0.3) is 11.4 Å². The van der Waals surface area contributed by atoms with Crippen molar-refractivity contribution < 1.29 is 35.6 Å². The summed E-state index contributed by atoms with van der Waals surface area (Å²) < 4.78 is 71.7. The molecule has 1 aromatic heterocycles. The highest BCUT2D eigenvalue weighted by molar-refractivity contribution is 7.98. The molecule has 2 aromatic rings. The average Bonchev–Trinajstić information content (AvgIpc) is 3.18. The Morgan fingerprint density at radius 3 is 2.71 bits per heavy atom. The van der Waals surface area contributed by atoms with Crippen LogP contribution in [0.3, 0.4) is 0 Å². The van der Waals surface area contributed by atoms with Crippen LogP contribution in [-0.4, -0.2) is 61.4 Å². The minimum atomic E-state index is -4.85. The van der Waals surface area contributed by atoms with Gasteiger partial charge in [-0.15, -0.1) is 11.8 Å². The van der Waals surface area contributed by atoms with E-state index < -0.39 is 45.8 Å². The summed E-state index contributed by atoms with van der Waals surface area (Å²) in [6, 6.07) is 5.57. The number of nitrogens with zero attached hydrogens (tertiary/aromatic N) is 3. The quantitative estimate of drug-likeness (QED) is 0.344. The Labute approximate surface area is 179 Å². The van der Waals surface area contributed by atoms with Crippen molar-refractivity contribution in [3.05, 3.63) is 41.9 Å². The van der Waals surface area contributed by atoms with Gasteiger partial charge in [0.25, 0.3) is 5.89 Å². The lowest BCUT2D eigenvalue weighted by Gasteiger charge is -2.06.